The fraction of sp³-hybridized carbons (Fsp3) is 0.500. The van der Waals surface area contributed by atoms with Crippen molar-refractivity contribution in [3.63, 3.8) is 0 Å². The van der Waals surface area contributed by atoms with E-state index >= 15 is 0 Å². The molecule has 0 unspecified atom stereocenters. The van der Waals surface area contributed by atoms with E-state index in [1.54, 1.807) is 0 Å². The summed E-state index contributed by atoms with van der Waals surface area (Å²) in [5, 5.41) is 0. The zero-order valence-electron chi connectivity index (χ0n) is 6.13. The summed E-state index contributed by atoms with van der Waals surface area (Å²) in [7, 11) is 0. The van der Waals surface area contributed by atoms with E-state index < -0.39 is 0 Å². The smallest absolute Gasteiger partial charge is 0.118 e. The van der Waals surface area contributed by atoms with Gasteiger partial charge in [0.15, 0.2) is 0 Å². The van der Waals surface area contributed by atoms with Crippen molar-refractivity contribution in [2.75, 3.05) is 13.1 Å². The van der Waals surface area contributed by atoms with Crippen LogP contribution in [0, 0.1) is 6.92 Å². The van der Waals surface area contributed by atoms with E-state index in [4.69, 9.17) is 4.42 Å². The molecule has 0 aromatic carbocycles. The highest BCUT2D eigenvalue weighted by Crippen LogP contribution is 2.13. The van der Waals surface area contributed by atoms with Gasteiger partial charge in [-0.25, -0.2) is 0 Å². The molecule has 0 radical (unpaired) electrons. The second-order valence-corrected chi connectivity index (χ2v) is 2.79. The Balaban J connectivity index is 2.03. The molecule has 0 N–H and O–H groups in total. The van der Waals surface area contributed by atoms with Crippen molar-refractivity contribution in [2.45, 2.75) is 13.5 Å². The molecular weight excluding hydrogens is 126 g/mol. The van der Waals surface area contributed by atoms with Crippen LogP contribution in [0.3, 0.4) is 0 Å². The first-order chi connectivity index (χ1) is 4.84. The van der Waals surface area contributed by atoms with Crippen LogP contribution in [0.25, 0.3) is 0 Å². The average molecular weight is 137 g/mol. The summed E-state index contributed by atoms with van der Waals surface area (Å²) in [6.07, 6.45) is 0. The van der Waals surface area contributed by atoms with Crippen molar-refractivity contribution in [1.82, 2.24) is 4.90 Å². The van der Waals surface area contributed by atoms with Gasteiger partial charge in [-0.05, 0) is 19.1 Å². The van der Waals surface area contributed by atoms with Crippen molar-refractivity contribution >= 4 is 0 Å². The van der Waals surface area contributed by atoms with E-state index in [-0.39, 0.29) is 0 Å². The Hall–Kier alpha value is -0.760. The number of furan rings is 1. The zero-order valence-corrected chi connectivity index (χ0v) is 6.13. The molecule has 1 aromatic rings. The number of nitrogens with zero attached hydrogens (tertiary/aromatic N) is 1. The molecule has 0 bridgehead atoms. The predicted molar refractivity (Wildman–Crippen MR) is 38.7 cm³/mol. The summed E-state index contributed by atoms with van der Waals surface area (Å²) in [5.41, 5.74) is 0. The van der Waals surface area contributed by atoms with Gasteiger partial charge in [0.05, 0.1) is 6.54 Å². The molecule has 1 aliphatic heterocycles. The van der Waals surface area contributed by atoms with E-state index in [9.17, 15) is 0 Å². The van der Waals surface area contributed by atoms with E-state index in [0.717, 1.165) is 18.1 Å². The molecule has 0 saturated carbocycles. The van der Waals surface area contributed by atoms with Crippen molar-refractivity contribution in [2.24, 2.45) is 0 Å². The summed E-state index contributed by atoms with van der Waals surface area (Å²) in [4.78, 5) is 2.33. The Labute approximate surface area is 60.4 Å². The van der Waals surface area contributed by atoms with E-state index in [2.05, 4.69) is 4.90 Å². The maximum absolute atomic E-state index is 5.39. The molecule has 0 amide bonds. The minimum atomic E-state index is 0.994. The summed E-state index contributed by atoms with van der Waals surface area (Å²) in [5.74, 6) is 2.10. The lowest BCUT2D eigenvalue weighted by Gasteiger charge is -1.93. The van der Waals surface area contributed by atoms with Crippen LogP contribution in [-0.2, 0) is 6.54 Å². The van der Waals surface area contributed by atoms with Gasteiger partial charge < -0.3 is 4.42 Å². The second kappa shape index (κ2) is 2.13. The lowest BCUT2D eigenvalue weighted by Crippen LogP contribution is -1.93. The molecule has 1 aliphatic rings. The maximum Gasteiger partial charge on any atom is 0.118 e. The van der Waals surface area contributed by atoms with Gasteiger partial charge in [-0.1, -0.05) is 0 Å². The van der Waals surface area contributed by atoms with Gasteiger partial charge in [0.2, 0.25) is 0 Å². The molecule has 0 aliphatic carbocycles. The fourth-order valence-electron chi connectivity index (χ4n) is 1.02. The lowest BCUT2D eigenvalue weighted by atomic mass is 10.4. The molecule has 54 valence electrons. The Morgan fingerprint density at radius 1 is 1.50 bits per heavy atom. The maximum atomic E-state index is 5.39. The molecule has 2 heterocycles. The van der Waals surface area contributed by atoms with E-state index in [1.807, 2.05) is 19.1 Å². The van der Waals surface area contributed by atoms with Crippen molar-refractivity contribution in [3.8, 4) is 0 Å². The molecule has 2 heteroatoms. The molecule has 2 nitrogen and oxygen atoms in total. The fourth-order valence-corrected chi connectivity index (χ4v) is 1.02. The van der Waals surface area contributed by atoms with Crippen molar-refractivity contribution in [3.05, 3.63) is 23.7 Å². The highest BCUT2D eigenvalue weighted by atomic mass is 16.3. The largest absolute Gasteiger partial charge is 0.465 e. The third kappa shape index (κ3) is 1.21. The predicted octanol–water partition coefficient (Wildman–Crippen LogP) is 1.40. The van der Waals surface area contributed by atoms with Gasteiger partial charge in [0.25, 0.3) is 0 Å². The van der Waals surface area contributed by atoms with Gasteiger partial charge in [-0.3, -0.25) is 4.90 Å². The lowest BCUT2D eigenvalue weighted by molar-refractivity contribution is 0.420. The molecule has 0 atom stereocenters. The van der Waals surface area contributed by atoms with Crippen molar-refractivity contribution < 1.29 is 4.42 Å². The summed E-state index contributed by atoms with van der Waals surface area (Å²) >= 11 is 0. The number of rotatable bonds is 2. The van der Waals surface area contributed by atoms with Crippen LogP contribution in [-0.4, -0.2) is 18.0 Å². The van der Waals surface area contributed by atoms with Crippen LogP contribution < -0.4 is 0 Å². The zero-order chi connectivity index (χ0) is 6.97. The van der Waals surface area contributed by atoms with Crippen LogP contribution in [0.4, 0.5) is 0 Å². The van der Waals surface area contributed by atoms with Gasteiger partial charge in [0, 0.05) is 13.1 Å². The van der Waals surface area contributed by atoms with Gasteiger partial charge >= 0.3 is 0 Å². The highest BCUT2D eigenvalue weighted by molar-refractivity contribution is 5.06. The second-order valence-electron chi connectivity index (χ2n) is 2.79. The SMILES string of the molecule is Cc1ccc(CN2CC2)o1. The molecular formula is C8H11NO. The van der Waals surface area contributed by atoms with Gasteiger partial charge in [-0.15, -0.1) is 0 Å². The highest BCUT2D eigenvalue weighted by Gasteiger charge is 2.18. The van der Waals surface area contributed by atoms with Crippen molar-refractivity contribution in [1.29, 1.82) is 0 Å². The molecule has 1 fully saturated rings. The normalized spacial score (nSPS) is 17.7. The monoisotopic (exact) mass is 137 g/mol. The molecule has 10 heavy (non-hydrogen) atoms. The molecule has 0 spiro atoms. The minimum Gasteiger partial charge on any atom is -0.465 e. The Morgan fingerprint density at radius 2 is 2.30 bits per heavy atom. The van der Waals surface area contributed by atoms with Crippen LogP contribution in [0.1, 0.15) is 11.5 Å². The molecule has 1 aromatic heterocycles. The van der Waals surface area contributed by atoms with E-state index in [1.165, 1.54) is 13.1 Å². The molecule has 1 saturated heterocycles. The Bertz CT molecular complexity index is 225. The first-order valence-electron chi connectivity index (χ1n) is 3.62. The summed E-state index contributed by atoms with van der Waals surface area (Å²) < 4.78 is 5.39. The minimum absolute atomic E-state index is 0.994. The Kier molecular flexibility index (Phi) is 1.27. The van der Waals surface area contributed by atoms with Crippen LogP contribution >= 0.6 is 0 Å². The van der Waals surface area contributed by atoms with E-state index in [0.29, 0.717) is 0 Å². The average Bonchev–Trinajstić information content (AvgIpc) is 2.59. The van der Waals surface area contributed by atoms with Crippen LogP contribution in [0.2, 0.25) is 0 Å². The third-order valence-electron chi connectivity index (χ3n) is 1.72. The number of hydrogen-bond donors (Lipinski definition) is 0. The standard InChI is InChI=1S/C8H11NO/c1-7-2-3-8(10-7)6-9-4-5-9/h2-3H,4-6H2,1H3. The first-order valence-corrected chi connectivity index (χ1v) is 3.62. The van der Waals surface area contributed by atoms with Crippen LogP contribution in [0.5, 0.6) is 0 Å². The van der Waals surface area contributed by atoms with Gasteiger partial charge in [0.1, 0.15) is 11.5 Å². The quantitative estimate of drug-likeness (QED) is 0.573. The number of aryl methyl sites for hydroxylation is 1. The topological polar surface area (TPSA) is 16.1 Å². The summed E-state index contributed by atoms with van der Waals surface area (Å²) in [6, 6.07) is 4.06. The summed E-state index contributed by atoms with van der Waals surface area (Å²) in [6.45, 7) is 5.44. The third-order valence-corrected chi connectivity index (χ3v) is 1.72. The molecule has 2 rings (SSSR count). The number of hydrogen-bond acceptors (Lipinski definition) is 2. The van der Waals surface area contributed by atoms with Gasteiger partial charge in [-0.2, -0.15) is 0 Å². The first kappa shape index (κ1) is 5.98. The Morgan fingerprint density at radius 3 is 2.80 bits per heavy atom. The van der Waals surface area contributed by atoms with Crippen LogP contribution in [0.15, 0.2) is 16.5 Å².